The molecular formula is C19H28N2O2S. The number of thioether (sulfide) groups is 1. The van der Waals surface area contributed by atoms with Gasteiger partial charge in [-0.15, -0.1) is 0 Å². The molecule has 1 aromatic rings. The van der Waals surface area contributed by atoms with E-state index in [4.69, 9.17) is 4.74 Å². The molecule has 1 aromatic carbocycles. The fourth-order valence-electron chi connectivity index (χ4n) is 3.66. The van der Waals surface area contributed by atoms with Crippen molar-refractivity contribution in [3.63, 3.8) is 0 Å². The van der Waals surface area contributed by atoms with Crippen molar-refractivity contribution in [3.8, 4) is 5.75 Å². The van der Waals surface area contributed by atoms with E-state index in [0.717, 1.165) is 31.0 Å². The van der Waals surface area contributed by atoms with Crippen LogP contribution in [0.2, 0.25) is 0 Å². The van der Waals surface area contributed by atoms with Crippen molar-refractivity contribution in [1.29, 1.82) is 0 Å². The van der Waals surface area contributed by atoms with Crippen LogP contribution in [0.5, 0.6) is 5.75 Å². The van der Waals surface area contributed by atoms with Gasteiger partial charge in [0.2, 0.25) is 0 Å². The molecule has 5 heteroatoms. The minimum atomic E-state index is 0.122. The number of ether oxygens (including phenoxy) is 1. The van der Waals surface area contributed by atoms with Crippen LogP contribution in [0.15, 0.2) is 24.3 Å². The number of benzene rings is 1. The maximum absolute atomic E-state index is 13.2. The zero-order valence-electron chi connectivity index (χ0n) is 14.6. The molecule has 3 rings (SSSR count). The summed E-state index contributed by atoms with van der Waals surface area (Å²) in [5.41, 5.74) is 0.690. The molecule has 0 aromatic heterocycles. The molecule has 132 valence electrons. The van der Waals surface area contributed by atoms with Gasteiger partial charge in [-0.3, -0.25) is 4.79 Å². The second-order valence-corrected chi connectivity index (χ2v) is 7.79. The highest BCUT2D eigenvalue weighted by Gasteiger charge is 2.29. The van der Waals surface area contributed by atoms with E-state index in [9.17, 15) is 4.79 Å². The minimum absolute atomic E-state index is 0.122. The fourth-order valence-corrected chi connectivity index (χ4v) is 4.72. The van der Waals surface area contributed by atoms with E-state index in [1.54, 1.807) is 7.11 Å². The van der Waals surface area contributed by atoms with Gasteiger partial charge in [-0.05, 0) is 50.2 Å². The second-order valence-electron chi connectivity index (χ2n) is 6.64. The second kappa shape index (κ2) is 8.77. The number of carbonyl (C=O) groups excluding carboxylic acids is 1. The molecule has 0 radical (unpaired) electrons. The number of carbonyl (C=O) groups is 1. The summed E-state index contributed by atoms with van der Waals surface area (Å²) in [7, 11) is 1.63. The summed E-state index contributed by atoms with van der Waals surface area (Å²) in [5.74, 6) is 2.98. The molecule has 2 aliphatic rings. The van der Waals surface area contributed by atoms with Crippen molar-refractivity contribution < 1.29 is 9.53 Å². The molecule has 1 unspecified atom stereocenters. The van der Waals surface area contributed by atoms with Crippen LogP contribution in [-0.4, -0.2) is 66.5 Å². The number of methoxy groups -OCH3 is 1. The maximum atomic E-state index is 13.2. The molecule has 24 heavy (non-hydrogen) atoms. The Hall–Kier alpha value is -1.20. The molecule has 2 heterocycles. The predicted octanol–water partition coefficient (Wildman–Crippen LogP) is 3.13. The van der Waals surface area contributed by atoms with Gasteiger partial charge >= 0.3 is 0 Å². The Kier molecular flexibility index (Phi) is 6.44. The third-order valence-corrected chi connectivity index (χ3v) is 6.15. The van der Waals surface area contributed by atoms with Crippen LogP contribution in [-0.2, 0) is 0 Å². The Bertz CT molecular complexity index is 546. The number of hydrogen-bond donors (Lipinski definition) is 0. The number of likely N-dealkylation sites (tertiary alicyclic amines) is 1. The van der Waals surface area contributed by atoms with Gasteiger partial charge in [0.15, 0.2) is 0 Å². The largest absolute Gasteiger partial charge is 0.496 e. The van der Waals surface area contributed by atoms with Crippen LogP contribution >= 0.6 is 11.8 Å². The minimum Gasteiger partial charge on any atom is -0.496 e. The number of rotatable bonds is 4. The van der Waals surface area contributed by atoms with Crippen LogP contribution in [0.3, 0.4) is 0 Å². The summed E-state index contributed by atoms with van der Waals surface area (Å²) >= 11 is 1.99. The van der Waals surface area contributed by atoms with Crippen LogP contribution in [0.25, 0.3) is 0 Å². The first-order valence-electron chi connectivity index (χ1n) is 9.03. The van der Waals surface area contributed by atoms with Crippen LogP contribution < -0.4 is 4.74 Å². The van der Waals surface area contributed by atoms with Crippen molar-refractivity contribution >= 4 is 17.7 Å². The van der Waals surface area contributed by atoms with Crippen molar-refractivity contribution in [2.75, 3.05) is 44.8 Å². The van der Waals surface area contributed by atoms with Crippen LogP contribution in [0.1, 0.15) is 36.0 Å². The van der Waals surface area contributed by atoms with E-state index in [1.165, 1.54) is 32.4 Å². The molecule has 0 bridgehead atoms. The average Bonchev–Trinajstić information content (AvgIpc) is 2.87. The summed E-state index contributed by atoms with van der Waals surface area (Å²) in [6.45, 7) is 4.21. The van der Waals surface area contributed by atoms with E-state index in [2.05, 4.69) is 9.80 Å². The van der Waals surface area contributed by atoms with Crippen molar-refractivity contribution in [2.45, 2.75) is 31.7 Å². The third kappa shape index (κ3) is 4.25. The fraction of sp³-hybridized carbons (Fsp3) is 0.632. The molecule has 2 aliphatic heterocycles. The lowest BCUT2D eigenvalue weighted by molar-refractivity contribution is 0.0642. The Morgan fingerprint density at radius 3 is 2.75 bits per heavy atom. The lowest BCUT2D eigenvalue weighted by atomic mass is 10.1. The van der Waals surface area contributed by atoms with Gasteiger partial charge in [0.1, 0.15) is 5.75 Å². The molecule has 0 saturated carbocycles. The normalized spacial score (nSPS) is 22.9. The summed E-state index contributed by atoms with van der Waals surface area (Å²) in [6, 6.07) is 7.89. The van der Waals surface area contributed by atoms with Gasteiger partial charge < -0.3 is 14.5 Å². The molecule has 2 saturated heterocycles. The van der Waals surface area contributed by atoms with E-state index in [-0.39, 0.29) is 5.91 Å². The number of piperidine rings is 1. The van der Waals surface area contributed by atoms with E-state index in [1.807, 2.05) is 36.0 Å². The van der Waals surface area contributed by atoms with Crippen LogP contribution in [0.4, 0.5) is 0 Å². The van der Waals surface area contributed by atoms with Gasteiger partial charge in [-0.2, -0.15) is 11.8 Å². The Morgan fingerprint density at radius 2 is 1.96 bits per heavy atom. The quantitative estimate of drug-likeness (QED) is 0.837. The first-order valence-corrected chi connectivity index (χ1v) is 10.2. The molecule has 0 spiro atoms. The smallest absolute Gasteiger partial charge is 0.257 e. The predicted molar refractivity (Wildman–Crippen MR) is 100 cm³/mol. The molecule has 1 amide bonds. The monoisotopic (exact) mass is 348 g/mol. The molecule has 2 fully saturated rings. The Morgan fingerprint density at radius 1 is 1.17 bits per heavy atom. The number of hydrogen-bond acceptors (Lipinski definition) is 4. The lowest BCUT2D eigenvalue weighted by Gasteiger charge is -2.36. The first-order chi connectivity index (χ1) is 11.8. The first kappa shape index (κ1) is 17.6. The zero-order valence-corrected chi connectivity index (χ0v) is 15.4. The third-order valence-electron chi connectivity index (χ3n) is 4.95. The number of amides is 1. The van der Waals surface area contributed by atoms with E-state index in [0.29, 0.717) is 17.4 Å². The summed E-state index contributed by atoms with van der Waals surface area (Å²) in [5, 5.41) is 0. The summed E-state index contributed by atoms with van der Waals surface area (Å²) in [6.07, 6.45) is 5.00. The van der Waals surface area contributed by atoms with Gasteiger partial charge in [0.25, 0.3) is 5.91 Å². The molecular weight excluding hydrogens is 320 g/mol. The van der Waals surface area contributed by atoms with Crippen molar-refractivity contribution in [2.24, 2.45) is 0 Å². The van der Waals surface area contributed by atoms with E-state index < -0.39 is 0 Å². The molecule has 4 nitrogen and oxygen atoms in total. The van der Waals surface area contributed by atoms with Crippen molar-refractivity contribution in [1.82, 2.24) is 9.80 Å². The summed E-state index contributed by atoms with van der Waals surface area (Å²) in [4.78, 5) is 17.9. The topological polar surface area (TPSA) is 32.8 Å². The highest BCUT2D eigenvalue weighted by molar-refractivity contribution is 7.99. The Balaban J connectivity index is 1.77. The molecule has 0 N–H and O–H groups in total. The highest BCUT2D eigenvalue weighted by Crippen LogP contribution is 2.25. The average molecular weight is 349 g/mol. The van der Waals surface area contributed by atoms with E-state index >= 15 is 0 Å². The standard InChI is InChI=1S/C19H28N2O2S/c1-23-18-9-4-3-8-17(18)19(22)21-12-7-13-24-15-16(21)14-20-10-5-2-6-11-20/h3-4,8-9,16H,2,5-7,10-15H2,1H3. The van der Waals surface area contributed by atoms with Gasteiger partial charge in [0.05, 0.1) is 18.7 Å². The van der Waals surface area contributed by atoms with Gasteiger partial charge in [-0.1, -0.05) is 18.6 Å². The number of nitrogens with zero attached hydrogens (tertiary/aromatic N) is 2. The van der Waals surface area contributed by atoms with Crippen LogP contribution in [0, 0.1) is 0 Å². The van der Waals surface area contributed by atoms with Gasteiger partial charge in [0, 0.05) is 18.8 Å². The zero-order chi connectivity index (χ0) is 16.8. The number of para-hydroxylation sites is 1. The molecule has 1 atom stereocenters. The maximum Gasteiger partial charge on any atom is 0.257 e. The SMILES string of the molecule is COc1ccccc1C(=O)N1CCCSCC1CN1CCCCC1. The lowest BCUT2D eigenvalue weighted by Crippen LogP contribution is -2.49. The Labute approximate surface area is 149 Å². The van der Waals surface area contributed by atoms with Gasteiger partial charge in [-0.25, -0.2) is 0 Å². The summed E-state index contributed by atoms with van der Waals surface area (Å²) < 4.78 is 5.41. The highest BCUT2D eigenvalue weighted by atomic mass is 32.2. The molecule has 0 aliphatic carbocycles. The van der Waals surface area contributed by atoms with Crippen molar-refractivity contribution in [3.05, 3.63) is 29.8 Å².